The summed E-state index contributed by atoms with van der Waals surface area (Å²) in [5, 5.41) is 0. The average molecular weight is 873 g/mol. The summed E-state index contributed by atoms with van der Waals surface area (Å²) < 4.78 is 0. The van der Waals surface area contributed by atoms with E-state index in [1.54, 1.807) is 16.7 Å². The Morgan fingerprint density at radius 3 is 0.574 bits per heavy atom. The molecule has 0 aliphatic heterocycles. The molecule has 0 aromatic heterocycles. The minimum absolute atomic E-state index is 0. The average Bonchev–Trinajstić information content (AvgIpc) is 3.23. The fourth-order valence-corrected chi connectivity index (χ4v) is 10.6. The Morgan fingerprint density at radius 1 is 0.246 bits per heavy atom. The quantitative estimate of drug-likeness (QED) is 0.0514. The van der Waals surface area contributed by atoms with Crippen LogP contribution in [0, 0.1) is 0 Å². The second-order valence-electron chi connectivity index (χ2n) is 20.4. The van der Waals surface area contributed by atoms with Crippen molar-refractivity contribution in [3.8, 4) is 0 Å². The zero-order chi connectivity index (χ0) is 43.8. The lowest BCUT2D eigenvalue weighted by Gasteiger charge is -2.33. The minimum Gasteiger partial charge on any atom is -0.344 e. The third-order valence-corrected chi connectivity index (χ3v) is 14.2. The second kappa shape index (κ2) is 43.4. The van der Waals surface area contributed by atoms with Gasteiger partial charge in [0.25, 0.3) is 0 Å². The Balaban J connectivity index is 0.0000360. The maximum atomic E-state index is 7.77. The maximum Gasteiger partial charge on any atom is 0.0644 e. The van der Waals surface area contributed by atoms with Gasteiger partial charge in [-0.25, -0.2) is 0 Å². The van der Waals surface area contributed by atoms with Crippen molar-refractivity contribution in [2.24, 2.45) is 0 Å². The van der Waals surface area contributed by atoms with E-state index in [0.29, 0.717) is 0 Å². The molecule has 0 bridgehead atoms. The van der Waals surface area contributed by atoms with Crippen LogP contribution in [-0.2, 0) is 37.0 Å². The largest absolute Gasteiger partial charge is 0.344 e. The van der Waals surface area contributed by atoms with Gasteiger partial charge < -0.3 is 6.15 Å². The van der Waals surface area contributed by atoms with Crippen LogP contribution in [0.25, 0.3) is 0 Å². The summed E-state index contributed by atoms with van der Waals surface area (Å²) in [7, 11) is 0. The molecule has 0 aliphatic carbocycles. The van der Waals surface area contributed by atoms with Crippen LogP contribution < -0.4 is 6.15 Å². The van der Waals surface area contributed by atoms with Crippen LogP contribution in [0.5, 0.6) is 0 Å². The summed E-state index contributed by atoms with van der Waals surface area (Å²) in [5.74, 6) is 0. The zero-order valence-corrected chi connectivity index (χ0v) is 44.2. The van der Waals surface area contributed by atoms with Gasteiger partial charge in [-0.1, -0.05) is 259 Å². The zero-order valence-electron chi connectivity index (χ0n) is 43.4. The predicted molar refractivity (Wildman–Crippen MR) is 282 cm³/mol. The first-order valence-corrected chi connectivity index (χ1v) is 28.6. The van der Waals surface area contributed by atoms with E-state index in [1.165, 1.54) is 289 Å². The molecule has 0 atom stereocenters. The van der Waals surface area contributed by atoms with E-state index < -0.39 is 0 Å². The Bertz CT molecular complexity index is 1000. The summed E-state index contributed by atoms with van der Waals surface area (Å²) >= 11 is 7.77. The van der Waals surface area contributed by atoms with Gasteiger partial charge in [0.15, 0.2) is 0 Å². The molecule has 0 amide bonds. The topological polar surface area (TPSA) is 35.0 Å². The van der Waals surface area contributed by atoms with E-state index in [-0.39, 0.29) is 11.0 Å². The molecule has 1 nitrogen and oxygen atoms in total. The number of halogens is 1. The third-order valence-electron chi connectivity index (χ3n) is 14.1. The number of alkyl halides is 1. The van der Waals surface area contributed by atoms with Crippen LogP contribution in [0.2, 0.25) is 0 Å². The van der Waals surface area contributed by atoms with Crippen LogP contribution in [0.3, 0.4) is 0 Å². The fourth-order valence-electron chi connectivity index (χ4n) is 10.4. The van der Waals surface area contributed by atoms with E-state index in [2.05, 4.69) is 48.5 Å². The Kier molecular flexibility index (Phi) is 43.0. The highest BCUT2D eigenvalue weighted by atomic mass is 35.5. The first-order chi connectivity index (χ1) is 29.4. The van der Waals surface area contributed by atoms with Gasteiger partial charge in [-0.3, -0.25) is 0 Å². The molecule has 0 saturated carbocycles. The van der Waals surface area contributed by atoms with Gasteiger partial charge in [-0.2, -0.15) is 0 Å². The lowest BCUT2D eigenvalue weighted by molar-refractivity contribution is 0.557. The maximum absolute atomic E-state index is 7.77. The standard InChI is InChI=1S/C59H111Cl.H3N/c1-8-13-18-23-28-33-38-43-48-53-54(49-44-39-34-29-24-19-14-9-2)56(51-46-41-36-31-26-21-16-11-4)58(59(6,7)60)57(52-47-42-37-32-27-22-17-12-5)55(53)50-45-40-35-30-25-20-15-10-3;/h8-52H2,1-7H3;1H3. The van der Waals surface area contributed by atoms with Crippen molar-refractivity contribution in [1.82, 2.24) is 6.15 Å². The Hall–Kier alpha value is -0.530. The number of rotatable bonds is 46. The molecule has 0 unspecified atom stereocenters. The van der Waals surface area contributed by atoms with Gasteiger partial charge in [0.1, 0.15) is 0 Å². The van der Waals surface area contributed by atoms with E-state index in [9.17, 15) is 0 Å². The van der Waals surface area contributed by atoms with Gasteiger partial charge >= 0.3 is 0 Å². The fraction of sp³-hybridized carbons (Fsp3) is 0.898. The van der Waals surface area contributed by atoms with E-state index in [1.807, 2.05) is 16.7 Å². The van der Waals surface area contributed by atoms with Crippen molar-refractivity contribution in [2.75, 3.05) is 0 Å². The van der Waals surface area contributed by atoms with E-state index >= 15 is 0 Å². The van der Waals surface area contributed by atoms with Gasteiger partial charge in [0, 0.05) is 0 Å². The number of hydrogen-bond acceptors (Lipinski definition) is 1. The Morgan fingerprint density at radius 2 is 0.393 bits per heavy atom. The van der Waals surface area contributed by atoms with Crippen molar-refractivity contribution < 1.29 is 0 Å². The van der Waals surface area contributed by atoms with Crippen LogP contribution in [0.1, 0.15) is 339 Å². The smallest absolute Gasteiger partial charge is 0.0644 e. The van der Waals surface area contributed by atoms with Crippen molar-refractivity contribution in [3.05, 3.63) is 33.4 Å². The molecule has 1 aromatic carbocycles. The summed E-state index contributed by atoms with van der Waals surface area (Å²) in [6.45, 7) is 16.5. The monoisotopic (exact) mass is 872 g/mol. The highest BCUT2D eigenvalue weighted by Gasteiger charge is 2.30. The molecule has 3 N–H and O–H groups in total. The van der Waals surface area contributed by atoms with E-state index in [4.69, 9.17) is 11.6 Å². The molecular formula is C59H114ClN. The first-order valence-electron chi connectivity index (χ1n) is 28.2. The molecule has 0 aliphatic rings. The molecule has 362 valence electrons. The lowest BCUT2D eigenvalue weighted by atomic mass is 9.75. The molecule has 0 spiro atoms. The summed E-state index contributed by atoms with van der Waals surface area (Å²) in [6, 6.07) is 0. The molecule has 2 heteroatoms. The highest BCUT2D eigenvalue weighted by Crippen LogP contribution is 2.42. The van der Waals surface area contributed by atoms with Gasteiger partial charge in [-0.05, 0) is 111 Å². The Labute approximate surface area is 391 Å². The van der Waals surface area contributed by atoms with Gasteiger partial charge in [0.05, 0.1) is 4.87 Å². The molecule has 1 aromatic rings. The minimum atomic E-state index is -0.329. The van der Waals surface area contributed by atoms with Crippen LogP contribution >= 0.6 is 11.6 Å². The predicted octanol–water partition coefficient (Wildman–Crippen LogP) is 21.7. The van der Waals surface area contributed by atoms with Crippen molar-refractivity contribution in [1.29, 1.82) is 0 Å². The summed E-state index contributed by atoms with van der Waals surface area (Å²) in [4.78, 5) is -0.329. The SMILES string of the molecule is CCCCCCCCCCc1c(CCCCCCCCCC)c(CCCCCCCCCC)c(C(C)(C)Cl)c(CCCCCCCCCC)c1CCCCCCCCCC.N. The van der Waals surface area contributed by atoms with Crippen LogP contribution in [0.4, 0.5) is 0 Å². The number of unbranched alkanes of at least 4 members (excludes halogenated alkanes) is 35. The molecule has 0 radical (unpaired) electrons. The molecule has 61 heavy (non-hydrogen) atoms. The first kappa shape index (κ1) is 60.5. The summed E-state index contributed by atoms with van der Waals surface area (Å²) in [6.07, 6.45) is 62.4. The van der Waals surface area contributed by atoms with Crippen molar-refractivity contribution >= 4 is 11.6 Å². The lowest BCUT2D eigenvalue weighted by Crippen LogP contribution is -2.22. The van der Waals surface area contributed by atoms with Gasteiger partial charge in [0.2, 0.25) is 0 Å². The highest BCUT2D eigenvalue weighted by molar-refractivity contribution is 6.23. The number of hydrogen-bond donors (Lipinski definition) is 1. The van der Waals surface area contributed by atoms with Crippen LogP contribution in [-0.4, -0.2) is 0 Å². The second-order valence-corrected chi connectivity index (χ2v) is 21.3. The molecular weight excluding hydrogens is 758 g/mol. The molecule has 0 heterocycles. The normalized spacial score (nSPS) is 11.8. The molecule has 0 fully saturated rings. The van der Waals surface area contributed by atoms with E-state index in [0.717, 1.165) is 0 Å². The molecule has 1 rings (SSSR count). The summed E-state index contributed by atoms with van der Waals surface area (Å²) in [5.41, 5.74) is 10.6. The van der Waals surface area contributed by atoms with Crippen molar-refractivity contribution in [2.45, 2.75) is 342 Å². The molecule has 0 saturated heterocycles. The van der Waals surface area contributed by atoms with Crippen molar-refractivity contribution in [3.63, 3.8) is 0 Å². The van der Waals surface area contributed by atoms with Gasteiger partial charge in [-0.15, -0.1) is 11.6 Å². The third kappa shape index (κ3) is 31.1. The number of benzene rings is 1. The van der Waals surface area contributed by atoms with Crippen LogP contribution in [0.15, 0.2) is 0 Å².